The van der Waals surface area contributed by atoms with Crippen LogP contribution in [-0.2, 0) is 0 Å². The van der Waals surface area contributed by atoms with Crippen LogP contribution in [0.15, 0.2) is 0 Å². The highest BCUT2D eigenvalue weighted by molar-refractivity contribution is 4.82. The van der Waals surface area contributed by atoms with E-state index in [4.69, 9.17) is 0 Å². The fraction of sp³-hybridized carbons (Fsp3) is 1.00. The van der Waals surface area contributed by atoms with Crippen LogP contribution in [-0.4, -0.2) is 24.5 Å². The Bertz CT molecular complexity index is 186. The lowest BCUT2D eigenvalue weighted by Gasteiger charge is -2.39. The second-order valence-electron chi connectivity index (χ2n) is 7.17. The molecule has 98 valence electrons. The molecule has 0 radical (unpaired) electrons. The van der Waals surface area contributed by atoms with E-state index in [1.807, 2.05) is 0 Å². The number of unbranched alkanes of at least 4 members (excludes halogenated alkanes) is 1. The summed E-state index contributed by atoms with van der Waals surface area (Å²) < 4.78 is 0. The van der Waals surface area contributed by atoms with Crippen molar-refractivity contribution in [3.05, 3.63) is 0 Å². The molecule has 0 saturated carbocycles. The van der Waals surface area contributed by atoms with Crippen LogP contribution < -0.4 is 0 Å². The van der Waals surface area contributed by atoms with Crippen molar-refractivity contribution in [1.82, 2.24) is 4.90 Å². The molecule has 0 amide bonds. The molecule has 0 saturated heterocycles. The van der Waals surface area contributed by atoms with Crippen LogP contribution in [0.2, 0.25) is 0 Å². The van der Waals surface area contributed by atoms with Gasteiger partial charge in [0.1, 0.15) is 0 Å². The molecule has 0 aliphatic heterocycles. The van der Waals surface area contributed by atoms with Crippen molar-refractivity contribution in [2.45, 2.75) is 73.8 Å². The van der Waals surface area contributed by atoms with Gasteiger partial charge in [-0.1, -0.05) is 41.0 Å². The van der Waals surface area contributed by atoms with Gasteiger partial charge in [-0.25, -0.2) is 0 Å². The van der Waals surface area contributed by atoms with Crippen LogP contribution in [0.25, 0.3) is 0 Å². The molecule has 0 aliphatic carbocycles. The third-order valence-corrected chi connectivity index (χ3v) is 4.47. The lowest BCUT2D eigenvalue weighted by Crippen LogP contribution is -2.30. The van der Waals surface area contributed by atoms with Gasteiger partial charge in [0.05, 0.1) is 0 Å². The molecule has 0 atom stereocenters. The van der Waals surface area contributed by atoms with E-state index in [1.54, 1.807) is 0 Å². The Morgan fingerprint density at radius 1 is 0.938 bits per heavy atom. The molecule has 0 fully saturated rings. The molecule has 0 aromatic carbocycles. The molecule has 16 heavy (non-hydrogen) atoms. The van der Waals surface area contributed by atoms with E-state index in [0.717, 1.165) is 0 Å². The molecule has 0 bridgehead atoms. The third-order valence-electron chi connectivity index (χ3n) is 4.47. The maximum absolute atomic E-state index is 2.43. The predicted molar refractivity (Wildman–Crippen MR) is 74.9 cm³/mol. The monoisotopic (exact) mass is 227 g/mol. The first kappa shape index (κ1) is 16.0. The Hall–Kier alpha value is -0.0400. The smallest absolute Gasteiger partial charge is 0.00355 e. The standard InChI is InChI=1S/C15H33N/c1-13(2)16(8)12-10-9-11-15(6,7)14(3,4)5/h13H,9-12H2,1-8H3. The zero-order valence-electron chi connectivity index (χ0n) is 12.9. The van der Waals surface area contributed by atoms with Gasteiger partial charge >= 0.3 is 0 Å². The van der Waals surface area contributed by atoms with Gasteiger partial charge in [-0.3, -0.25) is 0 Å². The summed E-state index contributed by atoms with van der Waals surface area (Å²) in [5.74, 6) is 0. The summed E-state index contributed by atoms with van der Waals surface area (Å²) in [4.78, 5) is 2.43. The number of rotatable bonds is 6. The summed E-state index contributed by atoms with van der Waals surface area (Å²) in [6, 6.07) is 0.677. The van der Waals surface area contributed by atoms with Gasteiger partial charge in [-0.05, 0) is 51.1 Å². The van der Waals surface area contributed by atoms with Crippen molar-refractivity contribution < 1.29 is 0 Å². The van der Waals surface area contributed by atoms with Crippen LogP contribution in [0.4, 0.5) is 0 Å². The number of hydrogen-bond donors (Lipinski definition) is 0. The van der Waals surface area contributed by atoms with E-state index in [-0.39, 0.29) is 0 Å². The Balaban J connectivity index is 3.83. The van der Waals surface area contributed by atoms with Crippen molar-refractivity contribution in [2.75, 3.05) is 13.6 Å². The first-order chi connectivity index (χ1) is 7.08. The van der Waals surface area contributed by atoms with E-state index in [0.29, 0.717) is 16.9 Å². The highest BCUT2D eigenvalue weighted by Crippen LogP contribution is 2.41. The Morgan fingerprint density at radius 3 is 1.81 bits per heavy atom. The molecule has 0 unspecified atom stereocenters. The van der Waals surface area contributed by atoms with Crippen molar-refractivity contribution >= 4 is 0 Å². The third kappa shape index (κ3) is 5.34. The summed E-state index contributed by atoms with van der Waals surface area (Å²) in [5.41, 5.74) is 0.861. The molecule has 0 heterocycles. The van der Waals surface area contributed by atoms with Gasteiger partial charge in [0.15, 0.2) is 0 Å². The van der Waals surface area contributed by atoms with Crippen molar-refractivity contribution in [2.24, 2.45) is 10.8 Å². The number of nitrogens with zero attached hydrogens (tertiary/aromatic N) is 1. The SMILES string of the molecule is CC(C)N(C)CCCCC(C)(C)C(C)(C)C. The van der Waals surface area contributed by atoms with E-state index in [1.165, 1.54) is 25.8 Å². The molecule has 0 rings (SSSR count). The summed E-state index contributed by atoms with van der Waals surface area (Å²) in [5, 5.41) is 0. The van der Waals surface area contributed by atoms with Crippen molar-refractivity contribution in [1.29, 1.82) is 0 Å². The van der Waals surface area contributed by atoms with E-state index < -0.39 is 0 Å². The molecule has 1 heteroatoms. The van der Waals surface area contributed by atoms with Gasteiger partial charge in [0, 0.05) is 6.04 Å². The summed E-state index contributed by atoms with van der Waals surface area (Å²) in [6.07, 6.45) is 4.01. The van der Waals surface area contributed by atoms with Crippen LogP contribution >= 0.6 is 0 Å². The number of hydrogen-bond acceptors (Lipinski definition) is 1. The van der Waals surface area contributed by atoms with Crippen LogP contribution in [0.5, 0.6) is 0 Å². The van der Waals surface area contributed by atoms with Gasteiger partial charge in [-0.2, -0.15) is 0 Å². The maximum Gasteiger partial charge on any atom is 0.00355 e. The van der Waals surface area contributed by atoms with E-state index in [2.05, 4.69) is 60.4 Å². The summed E-state index contributed by atoms with van der Waals surface area (Å²) in [6.45, 7) is 17.6. The first-order valence-electron chi connectivity index (χ1n) is 6.78. The fourth-order valence-corrected chi connectivity index (χ4v) is 1.56. The topological polar surface area (TPSA) is 3.24 Å². The van der Waals surface area contributed by atoms with Gasteiger partial charge in [0.25, 0.3) is 0 Å². The van der Waals surface area contributed by atoms with Crippen molar-refractivity contribution in [3.63, 3.8) is 0 Å². The fourth-order valence-electron chi connectivity index (χ4n) is 1.56. The lowest BCUT2D eigenvalue weighted by atomic mass is 9.67. The second-order valence-corrected chi connectivity index (χ2v) is 7.17. The normalized spacial score (nSPS) is 13.9. The van der Waals surface area contributed by atoms with Gasteiger partial charge in [0.2, 0.25) is 0 Å². The quantitative estimate of drug-likeness (QED) is 0.601. The first-order valence-corrected chi connectivity index (χ1v) is 6.78. The summed E-state index contributed by atoms with van der Waals surface area (Å²) in [7, 11) is 2.22. The van der Waals surface area contributed by atoms with Gasteiger partial charge < -0.3 is 4.90 Å². The average molecular weight is 227 g/mol. The Kier molecular flexibility index (Phi) is 6.03. The van der Waals surface area contributed by atoms with Crippen molar-refractivity contribution in [3.8, 4) is 0 Å². The molecule has 0 N–H and O–H groups in total. The van der Waals surface area contributed by atoms with Crippen LogP contribution in [0, 0.1) is 10.8 Å². The average Bonchev–Trinajstić information content (AvgIpc) is 2.09. The molecule has 1 nitrogen and oxygen atoms in total. The van der Waals surface area contributed by atoms with Crippen LogP contribution in [0.3, 0.4) is 0 Å². The van der Waals surface area contributed by atoms with Gasteiger partial charge in [-0.15, -0.1) is 0 Å². The largest absolute Gasteiger partial charge is 0.304 e. The zero-order valence-corrected chi connectivity index (χ0v) is 12.9. The highest BCUT2D eigenvalue weighted by Gasteiger charge is 2.31. The molecular weight excluding hydrogens is 194 g/mol. The molecule has 0 aromatic heterocycles. The van der Waals surface area contributed by atoms with E-state index in [9.17, 15) is 0 Å². The minimum atomic E-state index is 0.414. The second kappa shape index (κ2) is 6.05. The highest BCUT2D eigenvalue weighted by atomic mass is 15.1. The maximum atomic E-state index is 2.43. The van der Waals surface area contributed by atoms with Crippen LogP contribution in [0.1, 0.15) is 67.7 Å². The minimum absolute atomic E-state index is 0.414. The summed E-state index contributed by atoms with van der Waals surface area (Å²) >= 11 is 0. The lowest BCUT2D eigenvalue weighted by molar-refractivity contribution is 0.114. The zero-order chi connectivity index (χ0) is 13.0. The molecular formula is C15H33N. The molecule has 0 spiro atoms. The van der Waals surface area contributed by atoms with E-state index >= 15 is 0 Å². The predicted octanol–water partition coefficient (Wildman–Crippen LogP) is 4.57. The minimum Gasteiger partial charge on any atom is -0.304 e. The Labute approximate surface area is 104 Å². The molecule has 0 aromatic rings. The Morgan fingerprint density at radius 2 is 1.44 bits per heavy atom. The molecule has 0 aliphatic rings.